The minimum absolute atomic E-state index is 0.00872. The fourth-order valence-electron chi connectivity index (χ4n) is 7.35. The highest BCUT2D eigenvalue weighted by Crippen LogP contribution is 2.29. The number of hydrogen-bond acceptors (Lipinski definition) is 7. The molecule has 0 aromatic heterocycles. The lowest BCUT2D eigenvalue weighted by Crippen LogP contribution is -2.60. The summed E-state index contributed by atoms with van der Waals surface area (Å²) in [5.41, 5.74) is 1.15. The van der Waals surface area contributed by atoms with Crippen LogP contribution in [0.4, 0.5) is 0 Å². The lowest BCUT2D eigenvalue weighted by atomic mass is 9.87. The number of carbonyl (C=O) groups excluding carboxylic acids is 4. The average molecular weight is 702 g/mol. The quantitative estimate of drug-likeness (QED) is 0.187. The van der Waals surface area contributed by atoms with Crippen molar-refractivity contribution in [2.75, 3.05) is 41.4 Å². The van der Waals surface area contributed by atoms with Crippen molar-refractivity contribution in [3.05, 3.63) is 35.9 Å². The zero-order chi connectivity index (χ0) is 37.5. The first-order chi connectivity index (χ1) is 23.7. The summed E-state index contributed by atoms with van der Waals surface area (Å²) in [6.45, 7) is 14.8. The molecule has 1 fully saturated rings. The number of likely N-dealkylation sites (tertiary alicyclic amines) is 1. The molecule has 8 atom stereocenters. The van der Waals surface area contributed by atoms with Crippen LogP contribution < -0.4 is 16.0 Å². The van der Waals surface area contributed by atoms with E-state index in [9.17, 15) is 19.2 Å². The van der Waals surface area contributed by atoms with Gasteiger partial charge in [-0.15, -0.1) is 0 Å². The minimum atomic E-state index is -0.740. The lowest BCUT2D eigenvalue weighted by Gasteiger charge is -2.43. The number of likely N-dealkylation sites (N-methyl/N-ethyl adjacent to an activating group) is 2. The van der Waals surface area contributed by atoms with Crippen molar-refractivity contribution in [2.24, 2.45) is 23.7 Å². The van der Waals surface area contributed by atoms with Gasteiger partial charge in [-0.2, -0.15) is 0 Å². The Morgan fingerprint density at radius 1 is 0.920 bits per heavy atom. The summed E-state index contributed by atoms with van der Waals surface area (Å²) in [5.74, 6) is -1.18. The van der Waals surface area contributed by atoms with Gasteiger partial charge >= 0.3 is 0 Å². The second-order valence-electron chi connectivity index (χ2n) is 14.7. The fourth-order valence-corrected chi connectivity index (χ4v) is 7.35. The Morgan fingerprint density at radius 2 is 1.56 bits per heavy atom. The van der Waals surface area contributed by atoms with Crippen LogP contribution in [0.15, 0.2) is 30.3 Å². The molecule has 0 aliphatic carbocycles. The zero-order valence-electron chi connectivity index (χ0n) is 32.7. The summed E-state index contributed by atoms with van der Waals surface area (Å²) < 4.78 is 12.0. The van der Waals surface area contributed by atoms with Crippen molar-refractivity contribution in [3.63, 3.8) is 0 Å². The van der Waals surface area contributed by atoms with E-state index >= 15 is 0 Å². The molecular weight excluding hydrogens is 634 g/mol. The standard InChI is InChI=1S/C39H67N5O6/c1-12-27(6)35(43(9)39(48)34(26(4)5)42-38(47)33(40-8)25(2)3)31(49-10)24-32(45)44-23-17-16-20-30(44)36(50-11)28(7)37(46)41-22-21-29-18-14-13-15-19-29/h13-15,18-19,25-28,30-31,33-36,40H,12,16-17,20-24H2,1-11H3,(H,41,46)(H,42,47). The molecule has 1 aromatic rings. The van der Waals surface area contributed by atoms with E-state index in [1.54, 1.807) is 33.2 Å². The first-order valence-corrected chi connectivity index (χ1v) is 18.6. The molecule has 0 spiro atoms. The molecule has 11 nitrogen and oxygen atoms in total. The third-order valence-corrected chi connectivity index (χ3v) is 10.6. The summed E-state index contributed by atoms with van der Waals surface area (Å²) in [6, 6.07) is 8.18. The van der Waals surface area contributed by atoms with Crippen LogP contribution in [-0.2, 0) is 35.1 Å². The highest BCUT2D eigenvalue weighted by molar-refractivity contribution is 5.90. The van der Waals surface area contributed by atoms with Gasteiger partial charge in [-0.1, -0.05) is 85.2 Å². The molecule has 3 N–H and O–H groups in total. The number of piperidine rings is 1. The molecule has 284 valence electrons. The number of benzene rings is 1. The number of rotatable bonds is 20. The maximum atomic E-state index is 14.2. The largest absolute Gasteiger partial charge is 0.379 e. The molecule has 1 saturated heterocycles. The predicted octanol–water partition coefficient (Wildman–Crippen LogP) is 4.04. The lowest BCUT2D eigenvalue weighted by molar-refractivity contribution is -0.150. The number of carbonyl (C=O) groups is 4. The molecule has 4 amide bonds. The smallest absolute Gasteiger partial charge is 0.245 e. The van der Waals surface area contributed by atoms with E-state index in [1.807, 2.05) is 69.9 Å². The van der Waals surface area contributed by atoms with Gasteiger partial charge in [0.2, 0.25) is 23.6 Å². The summed E-state index contributed by atoms with van der Waals surface area (Å²) in [5, 5.41) is 9.12. The second-order valence-corrected chi connectivity index (χ2v) is 14.7. The minimum Gasteiger partial charge on any atom is -0.379 e. The van der Waals surface area contributed by atoms with Crippen molar-refractivity contribution in [3.8, 4) is 0 Å². The van der Waals surface area contributed by atoms with Crippen LogP contribution in [0.3, 0.4) is 0 Å². The zero-order valence-corrected chi connectivity index (χ0v) is 32.7. The van der Waals surface area contributed by atoms with Crippen molar-refractivity contribution in [1.82, 2.24) is 25.8 Å². The molecule has 1 aromatic carbocycles. The van der Waals surface area contributed by atoms with Crippen molar-refractivity contribution in [2.45, 2.75) is 123 Å². The van der Waals surface area contributed by atoms with Crippen molar-refractivity contribution >= 4 is 23.6 Å². The van der Waals surface area contributed by atoms with Crippen LogP contribution in [0.5, 0.6) is 0 Å². The van der Waals surface area contributed by atoms with E-state index in [0.717, 1.165) is 37.7 Å². The summed E-state index contributed by atoms with van der Waals surface area (Å²) in [6.07, 6.45) is 3.03. The average Bonchev–Trinajstić information content (AvgIpc) is 3.10. The molecule has 11 heteroatoms. The number of nitrogens with zero attached hydrogens (tertiary/aromatic N) is 2. The molecule has 0 saturated carbocycles. The van der Waals surface area contributed by atoms with Crippen LogP contribution in [0, 0.1) is 23.7 Å². The molecule has 1 aliphatic heterocycles. The van der Waals surface area contributed by atoms with Gasteiger partial charge in [0.05, 0.1) is 42.7 Å². The Balaban J connectivity index is 2.24. The third kappa shape index (κ3) is 11.8. The first kappa shape index (κ1) is 43.1. The highest BCUT2D eigenvalue weighted by atomic mass is 16.5. The van der Waals surface area contributed by atoms with E-state index in [-0.39, 0.29) is 53.8 Å². The predicted molar refractivity (Wildman–Crippen MR) is 198 cm³/mol. The monoisotopic (exact) mass is 702 g/mol. The number of methoxy groups -OCH3 is 2. The van der Waals surface area contributed by atoms with Gasteiger partial charge in [-0.3, -0.25) is 19.2 Å². The van der Waals surface area contributed by atoms with E-state index in [2.05, 4.69) is 29.8 Å². The van der Waals surface area contributed by atoms with Crippen LogP contribution in [-0.4, -0.2) is 111 Å². The molecular formula is C39H67N5O6. The van der Waals surface area contributed by atoms with Gasteiger partial charge in [0.1, 0.15) is 6.04 Å². The Kier molecular flexibility index (Phi) is 18.4. The normalized spacial score (nSPS) is 19.2. The van der Waals surface area contributed by atoms with Crippen LogP contribution in [0.25, 0.3) is 0 Å². The van der Waals surface area contributed by atoms with Crippen LogP contribution in [0.1, 0.15) is 86.1 Å². The van der Waals surface area contributed by atoms with Gasteiger partial charge in [-0.25, -0.2) is 0 Å². The molecule has 50 heavy (non-hydrogen) atoms. The molecule has 0 radical (unpaired) electrons. The fraction of sp³-hybridized carbons (Fsp3) is 0.744. The third-order valence-electron chi connectivity index (χ3n) is 10.6. The van der Waals surface area contributed by atoms with Crippen LogP contribution >= 0.6 is 0 Å². The summed E-state index contributed by atoms with van der Waals surface area (Å²) >= 11 is 0. The first-order valence-electron chi connectivity index (χ1n) is 18.6. The molecule has 8 unspecified atom stereocenters. The van der Waals surface area contributed by atoms with Crippen molar-refractivity contribution < 1.29 is 28.7 Å². The Hall–Kier alpha value is -3.02. The number of amides is 4. The van der Waals surface area contributed by atoms with E-state index < -0.39 is 36.3 Å². The SMILES string of the molecule is CCC(C)C(C(CC(=O)N1CCCCC1C(OC)C(C)C(=O)NCCc1ccccc1)OC)N(C)C(=O)C(NC(=O)C(NC)C(C)C)C(C)C. The van der Waals surface area contributed by atoms with Gasteiger partial charge < -0.3 is 35.2 Å². The summed E-state index contributed by atoms with van der Waals surface area (Å²) in [7, 11) is 6.68. The molecule has 1 aliphatic rings. The number of nitrogens with one attached hydrogen (secondary N) is 3. The maximum absolute atomic E-state index is 14.2. The Bertz CT molecular complexity index is 1200. The summed E-state index contributed by atoms with van der Waals surface area (Å²) in [4.78, 5) is 58.4. The van der Waals surface area contributed by atoms with Gasteiger partial charge in [0, 0.05) is 34.4 Å². The second kappa shape index (κ2) is 21.4. The maximum Gasteiger partial charge on any atom is 0.245 e. The molecule has 0 bridgehead atoms. The van der Waals surface area contributed by atoms with Gasteiger partial charge in [-0.05, 0) is 56.0 Å². The van der Waals surface area contributed by atoms with E-state index in [0.29, 0.717) is 13.1 Å². The molecule has 1 heterocycles. The molecule has 2 rings (SSSR count). The number of hydrogen-bond donors (Lipinski definition) is 3. The van der Waals surface area contributed by atoms with Crippen molar-refractivity contribution in [1.29, 1.82) is 0 Å². The highest BCUT2D eigenvalue weighted by Gasteiger charge is 2.42. The van der Waals surface area contributed by atoms with Gasteiger partial charge in [0.25, 0.3) is 0 Å². The van der Waals surface area contributed by atoms with Crippen LogP contribution in [0.2, 0.25) is 0 Å². The van der Waals surface area contributed by atoms with Gasteiger partial charge in [0.15, 0.2) is 0 Å². The number of ether oxygens (including phenoxy) is 2. The Labute approximate surface area is 302 Å². The topological polar surface area (TPSA) is 129 Å². The van der Waals surface area contributed by atoms with E-state index in [4.69, 9.17) is 9.47 Å². The van der Waals surface area contributed by atoms with E-state index in [1.165, 1.54) is 0 Å². The Morgan fingerprint density at radius 3 is 2.10 bits per heavy atom.